The van der Waals surface area contributed by atoms with E-state index in [1.54, 1.807) is 6.20 Å². The van der Waals surface area contributed by atoms with Crippen LogP contribution in [0.2, 0.25) is 0 Å². The number of hydrogen-bond donors (Lipinski definition) is 2. The maximum absolute atomic E-state index is 11.9. The minimum absolute atomic E-state index is 0.360. The number of aryl methyl sites for hydroxylation is 1. The van der Waals surface area contributed by atoms with Gasteiger partial charge >= 0.3 is 5.97 Å². The molecule has 1 heterocycles. The lowest BCUT2D eigenvalue weighted by Crippen LogP contribution is -2.50. The lowest BCUT2D eigenvalue weighted by molar-refractivity contribution is -0.162. The molecule has 1 aliphatic carbocycles. The summed E-state index contributed by atoms with van der Waals surface area (Å²) >= 11 is 1.50. The van der Waals surface area contributed by atoms with Crippen LogP contribution in [-0.4, -0.2) is 22.0 Å². The summed E-state index contributed by atoms with van der Waals surface area (Å²) in [6.45, 7) is 2.25. The van der Waals surface area contributed by atoms with Crippen molar-refractivity contribution in [2.75, 3.05) is 0 Å². The van der Waals surface area contributed by atoms with Crippen molar-refractivity contribution in [2.24, 2.45) is 5.41 Å². The van der Waals surface area contributed by atoms with Gasteiger partial charge < -0.3 is 10.4 Å². The maximum Gasteiger partial charge on any atom is 0.319 e. The summed E-state index contributed by atoms with van der Waals surface area (Å²) in [5.41, 5.74) is -1.18. The second-order valence-electron chi connectivity index (χ2n) is 4.27. The zero-order valence-corrected chi connectivity index (χ0v) is 10.3. The molecule has 1 amide bonds. The van der Waals surface area contributed by atoms with Gasteiger partial charge in [-0.2, -0.15) is 0 Å². The monoisotopic (exact) mass is 254 g/mol. The quantitative estimate of drug-likeness (QED) is 0.794. The SMILES string of the molecule is Cc1ncc(CNC(=O)C2(C(=O)O)CCC2)s1. The number of aromatic nitrogens is 1. The summed E-state index contributed by atoms with van der Waals surface area (Å²) in [5.74, 6) is -1.39. The molecule has 2 N–H and O–H groups in total. The zero-order valence-electron chi connectivity index (χ0n) is 9.52. The van der Waals surface area contributed by atoms with E-state index in [1.165, 1.54) is 11.3 Å². The van der Waals surface area contributed by atoms with Crippen molar-refractivity contribution in [2.45, 2.75) is 32.7 Å². The molecule has 1 aromatic heterocycles. The average Bonchev–Trinajstić information content (AvgIpc) is 2.59. The van der Waals surface area contributed by atoms with Crippen LogP contribution in [0.15, 0.2) is 6.20 Å². The number of thiazole rings is 1. The normalized spacial score (nSPS) is 17.2. The fraction of sp³-hybridized carbons (Fsp3) is 0.545. The van der Waals surface area contributed by atoms with Crippen LogP contribution < -0.4 is 5.32 Å². The van der Waals surface area contributed by atoms with Gasteiger partial charge in [-0.1, -0.05) is 6.42 Å². The van der Waals surface area contributed by atoms with Gasteiger partial charge in [-0.3, -0.25) is 9.59 Å². The molecule has 0 bridgehead atoms. The lowest BCUT2D eigenvalue weighted by Gasteiger charge is -2.35. The number of hydrogen-bond acceptors (Lipinski definition) is 4. The number of carboxylic acid groups (broad SMARTS) is 1. The van der Waals surface area contributed by atoms with E-state index < -0.39 is 11.4 Å². The molecule has 1 aliphatic rings. The van der Waals surface area contributed by atoms with E-state index in [2.05, 4.69) is 10.3 Å². The Morgan fingerprint density at radius 1 is 1.59 bits per heavy atom. The third-order valence-electron chi connectivity index (χ3n) is 3.14. The Balaban J connectivity index is 1.95. The number of rotatable bonds is 4. The predicted molar refractivity (Wildman–Crippen MR) is 62.6 cm³/mol. The molecule has 0 radical (unpaired) electrons. The Bertz CT molecular complexity index is 451. The molecule has 17 heavy (non-hydrogen) atoms. The van der Waals surface area contributed by atoms with E-state index in [0.29, 0.717) is 19.4 Å². The number of carbonyl (C=O) groups excluding carboxylic acids is 1. The first-order chi connectivity index (χ1) is 8.04. The van der Waals surface area contributed by atoms with Crippen molar-refractivity contribution in [3.8, 4) is 0 Å². The third-order valence-corrected chi connectivity index (χ3v) is 4.06. The van der Waals surface area contributed by atoms with Crippen LogP contribution >= 0.6 is 11.3 Å². The molecule has 1 aromatic rings. The van der Waals surface area contributed by atoms with Gasteiger partial charge in [-0.15, -0.1) is 11.3 Å². The first kappa shape index (κ1) is 12.0. The lowest BCUT2D eigenvalue weighted by atomic mass is 9.68. The number of nitrogens with one attached hydrogen (secondary N) is 1. The molecule has 1 saturated carbocycles. The Morgan fingerprint density at radius 3 is 2.71 bits per heavy atom. The van der Waals surface area contributed by atoms with Crippen LogP contribution in [0.1, 0.15) is 29.1 Å². The fourth-order valence-electron chi connectivity index (χ4n) is 1.89. The molecule has 0 unspecified atom stereocenters. The highest BCUT2D eigenvalue weighted by Crippen LogP contribution is 2.41. The minimum Gasteiger partial charge on any atom is -0.480 e. The van der Waals surface area contributed by atoms with Crippen molar-refractivity contribution in [1.82, 2.24) is 10.3 Å². The minimum atomic E-state index is -1.18. The molecular formula is C11H14N2O3S. The molecule has 0 aromatic carbocycles. The van der Waals surface area contributed by atoms with Gasteiger partial charge in [0.1, 0.15) is 5.41 Å². The molecule has 0 atom stereocenters. The predicted octanol–water partition coefficient (Wildman–Crippen LogP) is 1.32. The standard InChI is InChI=1S/C11H14N2O3S/c1-7-12-5-8(17-7)6-13-9(14)11(10(15)16)3-2-4-11/h5H,2-4,6H2,1H3,(H,13,14)(H,15,16). The van der Waals surface area contributed by atoms with Crippen molar-refractivity contribution in [3.05, 3.63) is 16.1 Å². The topological polar surface area (TPSA) is 79.3 Å². The van der Waals surface area contributed by atoms with E-state index >= 15 is 0 Å². The highest BCUT2D eigenvalue weighted by atomic mass is 32.1. The van der Waals surface area contributed by atoms with Crippen molar-refractivity contribution in [1.29, 1.82) is 0 Å². The molecule has 92 valence electrons. The van der Waals surface area contributed by atoms with Crippen LogP contribution in [-0.2, 0) is 16.1 Å². The van der Waals surface area contributed by atoms with Crippen LogP contribution in [0.5, 0.6) is 0 Å². The van der Waals surface area contributed by atoms with Gasteiger partial charge in [0, 0.05) is 11.1 Å². The van der Waals surface area contributed by atoms with E-state index in [0.717, 1.165) is 16.3 Å². The van der Waals surface area contributed by atoms with Crippen molar-refractivity contribution >= 4 is 23.2 Å². The molecule has 0 saturated heterocycles. The molecule has 2 rings (SSSR count). The summed E-state index contributed by atoms with van der Waals surface area (Å²) in [6, 6.07) is 0. The van der Waals surface area contributed by atoms with Crippen LogP contribution in [0.3, 0.4) is 0 Å². The molecule has 1 fully saturated rings. The third kappa shape index (κ3) is 2.17. The zero-order chi connectivity index (χ0) is 12.5. The number of carboxylic acids is 1. The average molecular weight is 254 g/mol. The van der Waals surface area contributed by atoms with Gasteiger partial charge in [-0.25, -0.2) is 4.98 Å². The highest BCUT2D eigenvalue weighted by molar-refractivity contribution is 7.11. The van der Waals surface area contributed by atoms with E-state index in [1.807, 2.05) is 6.92 Å². The van der Waals surface area contributed by atoms with Crippen molar-refractivity contribution < 1.29 is 14.7 Å². The molecule has 0 spiro atoms. The van der Waals surface area contributed by atoms with E-state index in [-0.39, 0.29) is 5.91 Å². The Hall–Kier alpha value is -1.43. The van der Waals surface area contributed by atoms with Gasteiger partial charge in [0.05, 0.1) is 11.6 Å². The summed E-state index contributed by atoms with van der Waals surface area (Å²) in [6.07, 6.45) is 3.39. The van der Waals surface area contributed by atoms with Crippen LogP contribution in [0.4, 0.5) is 0 Å². The maximum atomic E-state index is 11.9. The van der Waals surface area contributed by atoms with Gasteiger partial charge in [-0.05, 0) is 19.8 Å². The van der Waals surface area contributed by atoms with Gasteiger partial charge in [0.2, 0.25) is 5.91 Å². The smallest absolute Gasteiger partial charge is 0.319 e. The number of amides is 1. The summed E-state index contributed by atoms with van der Waals surface area (Å²) in [7, 11) is 0. The van der Waals surface area contributed by atoms with Gasteiger partial charge in [0.25, 0.3) is 0 Å². The number of aliphatic carboxylic acids is 1. The number of carbonyl (C=O) groups is 2. The van der Waals surface area contributed by atoms with Crippen LogP contribution in [0.25, 0.3) is 0 Å². The van der Waals surface area contributed by atoms with E-state index in [4.69, 9.17) is 5.11 Å². The second kappa shape index (κ2) is 4.44. The Kier molecular flexibility index (Phi) is 3.15. The first-order valence-electron chi connectivity index (χ1n) is 5.47. The molecular weight excluding hydrogens is 240 g/mol. The Labute approximate surface area is 103 Å². The second-order valence-corrected chi connectivity index (χ2v) is 5.59. The Morgan fingerprint density at radius 2 is 2.29 bits per heavy atom. The fourth-order valence-corrected chi connectivity index (χ4v) is 2.63. The highest BCUT2D eigenvalue weighted by Gasteiger charge is 2.50. The first-order valence-corrected chi connectivity index (χ1v) is 6.29. The summed E-state index contributed by atoms with van der Waals surface area (Å²) < 4.78 is 0. The molecule has 6 heteroatoms. The number of nitrogens with zero attached hydrogens (tertiary/aromatic N) is 1. The summed E-state index contributed by atoms with van der Waals surface area (Å²) in [4.78, 5) is 28.0. The van der Waals surface area contributed by atoms with E-state index in [9.17, 15) is 9.59 Å². The molecule has 5 nitrogen and oxygen atoms in total. The summed E-state index contributed by atoms with van der Waals surface area (Å²) in [5, 5.41) is 12.7. The largest absolute Gasteiger partial charge is 0.480 e. The molecule has 0 aliphatic heterocycles. The van der Waals surface area contributed by atoms with Crippen molar-refractivity contribution in [3.63, 3.8) is 0 Å². The van der Waals surface area contributed by atoms with Crippen LogP contribution in [0, 0.1) is 12.3 Å². The van der Waals surface area contributed by atoms with Gasteiger partial charge in [0.15, 0.2) is 0 Å².